The fraction of sp³-hybridized carbons (Fsp3) is 0.705. The van der Waals surface area contributed by atoms with Crippen LogP contribution in [-0.4, -0.2) is 49.7 Å². The number of aromatic nitrogens is 2. The second-order valence-electron chi connectivity index (χ2n) is 25.9. The van der Waals surface area contributed by atoms with Crippen molar-refractivity contribution in [2.75, 3.05) is 0 Å². The van der Waals surface area contributed by atoms with E-state index in [9.17, 15) is 8.42 Å². The van der Waals surface area contributed by atoms with Gasteiger partial charge in [0.25, 0.3) is 10.1 Å². The van der Waals surface area contributed by atoms with Crippen LogP contribution in [0.2, 0.25) is 0 Å². The quantitative estimate of drug-likeness (QED) is 0.121. The van der Waals surface area contributed by atoms with E-state index in [1.54, 1.807) is 30.5 Å². The number of nitrogens with zero attached hydrogens (tertiary/aromatic N) is 3. The lowest BCUT2D eigenvalue weighted by atomic mass is 9.76. The average molecular weight is 1130 g/mol. The largest absolute Gasteiger partial charge is 0.326 e. The minimum absolute atomic E-state index is 0.172. The molecule has 0 saturated heterocycles. The van der Waals surface area contributed by atoms with Crippen LogP contribution in [0.1, 0.15) is 221 Å². The Hall–Kier alpha value is -1.63. The standard InChI is InChI=1S/C15H22O3S.C14H22N2S.C14H18N2S.C10H18S2.C8H16S/c1-12-6-8-14(9-7-12)19(16,17)18-13-5-4-10-15(2,3)11-13;2*1-14(2)7-3-4-12(8-14)17-13-6-5-11(9-15)10-16-13;1-8(11)12-9-5-4-6-10(2,3)7-9;1-8(2)5-3-4-7(9)6-8/h6-9,13H,4-5,10-11H2,1-3H3;5-6,10,12H,3-4,7-9,15H2,1-2H3;5-6,10,12H,3-4,7-8H2,1-2H3;9H,4-7H2,1-3H3;7,9H,3-6H2,1-2H3. The minimum atomic E-state index is -3.63. The number of pyridine rings is 2. The van der Waals surface area contributed by atoms with Gasteiger partial charge in [-0.25, -0.2) is 9.97 Å². The fourth-order valence-corrected chi connectivity index (χ4v) is 17.5. The Morgan fingerprint density at radius 1 is 0.662 bits per heavy atom. The number of thioether (sulfide) groups is 3. The van der Waals surface area contributed by atoms with E-state index < -0.39 is 10.1 Å². The van der Waals surface area contributed by atoms with Gasteiger partial charge in [-0.15, -0.1) is 35.3 Å². The fourth-order valence-electron chi connectivity index (χ4n) is 11.2. The molecule has 0 spiro atoms. The van der Waals surface area contributed by atoms with Gasteiger partial charge in [0.2, 0.25) is 0 Å². The minimum Gasteiger partial charge on any atom is -0.326 e. The van der Waals surface area contributed by atoms with E-state index in [2.05, 4.69) is 110 Å². The van der Waals surface area contributed by atoms with Crippen molar-refractivity contribution in [3.05, 3.63) is 77.6 Å². The lowest BCUT2D eigenvalue weighted by Gasteiger charge is -2.34. The van der Waals surface area contributed by atoms with Crippen LogP contribution in [0, 0.1) is 45.3 Å². The molecular formula is C61H96N4O3S6. The first kappa shape index (κ1) is 64.9. The van der Waals surface area contributed by atoms with E-state index in [1.807, 2.05) is 67.5 Å². The summed E-state index contributed by atoms with van der Waals surface area (Å²) in [6.07, 6.45) is 28.6. The van der Waals surface area contributed by atoms with Crippen molar-refractivity contribution in [3.8, 4) is 6.07 Å². The van der Waals surface area contributed by atoms with E-state index in [1.165, 1.54) is 103 Å². The van der Waals surface area contributed by atoms with Crippen LogP contribution in [-0.2, 0) is 20.8 Å². The summed E-state index contributed by atoms with van der Waals surface area (Å²) >= 11 is 15.3. The number of thiol groups is 1. The second kappa shape index (κ2) is 30.1. The van der Waals surface area contributed by atoms with Crippen LogP contribution in [0.3, 0.4) is 0 Å². The van der Waals surface area contributed by atoms with Crippen LogP contribution < -0.4 is 5.73 Å². The molecule has 414 valence electrons. The van der Waals surface area contributed by atoms with Crippen molar-refractivity contribution in [2.45, 2.75) is 260 Å². The van der Waals surface area contributed by atoms with Crippen LogP contribution in [0.5, 0.6) is 0 Å². The summed E-state index contributed by atoms with van der Waals surface area (Å²) in [7, 11) is -3.63. The smallest absolute Gasteiger partial charge is 0.297 e. The summed E-state index contributed by atoms with van der Waals surface area (Å²) in [5, 5.41) is 13.8. The summed E-state index contributed by atoms with van der Waals surface area (Å²) in [6.45, 7) is 27.8. The molecule has 2 heterocycles. The molecular weight excluding hydrogens is 1030 g/mol. The molecule has 3 aromatic rings. The Bertz CT molecular complexity index is 2290. The van der Waals surface area contributed by atoms with Gasteiger partial charge < -0.3 is 5.73 Å². The average Bonchev–Trinajstić information content (AvgIpc) is 3.28. The molecule has 5 saturated carbocycles. The molecule has 5 fully saturated rings. The zero-order valence-corrected chi connectivity index (χ0v) is 52.6. The Morgan fingerprint density at radius 3 is 1.50 bits per heavy atom. The molecule has 0 aliphatic heterocycles. The number of hydrogen-bond acceptors (Lipinski definition) is 12. The molecule has 5 atom stereocenters. The lowest BCUT2D eigenvalue weighted by Crippen LogP contribution is -2.30. The van der Waals surface area contributed by atoms with Gasteiger partial charge in [0.1, 0.15) is 6.07 Å². The predicted octanol–water partition coefficient (Wildman–Crippen LogP) is 18.2. The molecule has 8 rings (SSSR count). The maximum atomic E-state index is 12.2. The first-order valence-electron chi connectivity index (χ1n) is 27.8. The Balaban J connectivity index is 0.000000204. The van der Waals surface area contributed by atoms with E-state index in [-0.39, 0.29) is 16.4 Å². The van der Waals surface area contributed by atoms with Gasteiger partial charge >= 0.3 is 0 Å². The molecule has 7 nitrogen and oxygen atoms in total. The maximum absolute atomic E-state index is 12.2. The molecule has 0 amide bonds. The highest BCUT2D eigenvalue weighted by molar-refractivity contribution is 8.23. The van der Waals surface area contributed by atoms with Crippen LogP contribution in [0.15, 0.2) is 75.9 Å². The molecule has 2 aromatic heterocycles. The molecule has 74 heavy (non-hydrogen) atoms. The molecule has 2 N–H and O–H groups in total. The third-order valence-corrected chi connectivity index (χ3v) is 20.8. The first-order chi connectivity index (χ1) is 34.6. The van der Waals surface area contributed by atoms with Gasteiger partial charge in [-0.05, 0) is 173 Å². The number of hydrogen-bond donors (Lipinski definition) is 2. The molecule has 1 aromatic carbocycles. The molecule has 0 radical (unpaired) electrons. The lowest BCUT2D eigenvalue weighted by molar-refractivity contribution is 0.0903. The molecule has 13 heteroatoms. The molecule has 5 aliphatic rings. The van der Waals surface area contributed by atoms with Gasteiger partial charge in [-0.2, -0.15) is 26.3 Å². The number of nitriles is 1. The summed E-state index contributed by atoms with van der Waals surface area (Å²) in [6, 6.07) is 16.9. The molecule has 5 aliphatic carbocycles. The van der Waals surface area contributed by atoms with Gasteiger partial charge in [0.05, 0.1) is 26.6 Å². The number of benzene rings is 1. The highest BCUT2D eigenvalue weighted by Crippen LogP contribution is 2.44. The van der Waals surface area contributed by atoms with E-state index >= 15 is 0 Å². The van der Waals surface area contributed by atoms with Crippen molar-refractivity contribution in [3.63, 3.8) is 0 Å². The number of nitrogens with two attached hydrogens (primary N) is 1. The van der Waals surface area contributed by atoms with Crippen molar-refractivity contribution in [1.29, 1.82) is 5.26 Å². The van der Waals surface area contributed by atoms with E-state index in [0.717, 1.165) is 61.6 Å². The van der Waals surface area contributed by atoms with Gasteiger partial charge in [0, 0.05) is 44.1 Å². The normalized spacial score (nSPS) is 25.4. The summed E-state index contributed by atoms with van der Waals surface area (Å²) in [4.78, 5) is 9.06. The second-order valence-corrected chi connectivity index (χ2v) is 33.2. The zero-order valence-electron chi connectivity index (χ0n) is 47.6. The van der Waals surface area contributed by atoms with Crippen LogP contribution in [0.4, 0.5) is 0 Å². The Kier molecular flexibility index (Phi) is 26.4. The van der Waals surface area contributed by atoms with Crippen molar-refractivity contribution in [2.24, 2.45) is 32.8 Å². The maximum Gasteiger partial charge on any atom is 0.297 e. The SMILES string of the molecule is CC(=S)SC1CCCC(C)(C)C1.CC1(C)CCCC(S)C1.CC1(C)CCCC(Sc2ccc(C#N)cn2)C1.CC1(C)CCCC(Sc2ccc(CN)cn2)C1.Cc1ccc(S(=O)(=O)OC2CCCC(C)(C)C2)cc1. The number of rotatable bonds is 9. The van der Waals surface area contributed by atoms with Gasteiger partial charge in [-0.3, -0.25) is 4.18 Å². The highest BCUT2D eigenvalue weighted by atomic mass is 32.2. The first-order valence-corrected chi connectivity index (χ1v) is 32.7. The summed E-state index contributed by atoms with van der Waals surface area (Å²) in [5.41, 5.74) is 10.6. The van der Waals surface area contributed by atoms with Gasteiger partial charge in [-0.1, -0.05) is 137 Å². The van der Waals surface area contributed by atoms with E-state index in [0.29, 0.717) is 44.3 Å². The topological polar surface area (TPSA) is 119 Å². The number of thiocarbonyl (C=S) groups is 1. The summed E-state index contributed by atoms with van der Waals surface area (Å²) in [5.74, 6) is 0. The highest BCUT2D eigenvalue weighted by Gasteiger charge is 2.33. The summed E-state index contributed by atoms with van der Waals surface area (Å²) < 4.78 is 30.9. The zero-order chi connectivity index (χ0) is 54.8. The monoisotopic (exact) mass is 1120 g/mol. The third kappa shape index (κ3) is 25.4. The van der Waals surface area contributed by atoms with Crippen molar-refractivity contribution in [1.82, 2.24) is 9.97 Å². The number of aryl methyl sites for hydroxylation is 1. The van der Waals surface area contributed by atoms with Crippen LogP contribution >= 0.6 is 60.1 Å². The van der Waals surface area contributed by atoms with Crippen molar-refractivity contribution >= 4 is 74.4 Å². The Morgan fingerprint density at radius 2 is 1.11 bits per heavy atom. The molecule has 5 unspecified atom stereocenters. The van der Waals surface area contributed by atoms with E-state index in [4.69, 9.17) is 27.4 Å². The van der Waals surface area contributed by atoms with Crippen LogP contribution in [0.25, 0.3) is 0 Å². The van der Waals surface area contributed by atoms with Gasteiger partial charge in [0.15, 0.2) is 0 Å². The molecule has 0 bridgehead atoms. The Labute approximate surface area is 475 Å². The van der Waals surface area contributed by atoms with Crippen molar-refractivity contribution < 1.29 is 12.6 Å². The third-order valence-electron chi connectivity index (χ3n) is 15.2. The predicted molar refractivity (Wildman–Crippen MR) is 327 cm³/mol.